The van der Waals surface area contributed by atoms with Gasteiger partial charge in [-0.05, 0) is 26.2 Å². The summed E-state index contributed by atoms with van der Waals surface area (Å²) in [4.78, 5) is 0. The average molecular weight is 420 g/mol. The van der Waals surface area contributed by atoms with Gasteiger partial charge in [-0.25, -0.2) is 9.13 Å². The van der Waals surface area contributed by atoms with Gasteiger partial charge in [0, 0.05) is 6.42 Å². The van der Waals surface area contributed by atoms with E-state index in [1.165, 1.54) is 135 Å². The normalized spacial score (nSPS) is 11.4. The molecule has 1 heterocycles. The second-order valence-corrected chi connectivity index (χ2v) is 9.45. The van der Waals surface area contributed by atoms with E-state index in [2.05, 4.69) is 42.3 Å². The molecular weight excluding hydrogens is 364 g/mol. The van der Waals surface area contributed by atoms with Crippen LogP contribution in [0.2, 0.25) is 0 Å². The second-order valence-electron chi connectivity index (χ2n) is 9.45. The van der Waals surface area contributed by atoms with Gasteiger partial charge in [0.1, 0.15) is 12.4 Å². The number of aromatic nitrogens is 2. The third-order valence-corrected chi connectivity index (χ3v) is 6.69. The third kappa shape index (κ3) is 13.5. The standard InChI is InChI=1S/C28H55N2/c1-4-7-9-11-13-14-15-16-17-18-19-21-23-25-30-27-26-29(6-3)28(30)24-22-20-12-10-8-5-2/h26-27H,4-25H2,1-3H3/q+1. The van der Waals surface area contributed by atoms with Gasteiger partial charge in [-0.15, -0.1) is 0 Å². The van der Waals surface area contributed by atoms with E-state index < -0.39 is 0 Å². The van der Waals surface area contributed by atoms with Crippen LogP contribution >= 0.6 is 0 Å². The van der Waals surface area contributed by atoms with E-state index in [-0.39, 0.29) is 0 Å². The predicted molar refractivity (Wildman–Crippen MR) is 133 cm³/mol. The molecule has 2 nitrogen and oxygen atoms in total. The molecule has 0 spiro atoms. The lowest BCUT2D eigenvalue weighted by atomic mass is 10.0. The predicted octanol–water partition coefficient (Wildman–Crippen LogP) is 8.79. The molecule has 0 unspecified atom stereocenters. The third-order valence-electron chi connectivity index (χ3n) is 6.69. The van der Waals surface area contributed by atoms with Gasteiger partial charge in [-0.3, -0.25) is 0 Å². The summed E-state index contributed by atoms with van der Waals surface area (Å²) in [5, 5.41) is 0. The highest BCUT2D eigenvalue weighted by Crippen LogP contribution is 2.13. The molecule has 2 heteroatoms. The monoisotopic (exact) mass is 419 g/mol. The molecule has 0 atom stereocenters. The Morgan fingerprint density at radius 3 is 1.47 bits per heavy atom. The van der Waals surface area contributed by atoms with Crippen molar-refractivity contribution < 1.29 is 4.57 Å². The Morgan fingerprint density at radius 2 is 1.00 bits per heavy atom. The van der Waals surface area contributed by atoms with Gasteiger partial charge < -0.3 is 0 Å². The van der Waals surface area contributed by atoms with E-state index >= 15 is 0 Å². The van der Waals surface area contributed by atoms with Crippen molar-refractivity contribution >= 4 is 0 Å². The van der Waals surface area contributed by atoms with E-state index in [0.29, 0.717) is 0 Å². The molecule has 0 fully saturated rings. The number of unbranched alkanes of at least 4 members (excludes halogenated alkanes) is 17. The SMILES string of the molecule is CCCCCCCCCCCCCCC[n+]1ccn(CC)c1CCCCCCCC. The maximum atomic E-state index is 2.55. The molecule has 0 N–H and O–H groups in total. The minimum atomic E-state index is 1.11. The summed E-state index contributed by atoms with van der Waals surface area (Å²) in [5.74, 6) is 1.56. The highest BCUT2D eigenvalue weighted by molar-refractivity contribution is 4.83. The lowest BCUT2D eigenvalue weighted by Crippen LogP contribution is -2.37. The van der Waals surface area contributed by atoms with E-state index in [1.54, 1.807) is 5.82 Å². The van der Waals surface area contributed by atoms with Gasteiger partial charge in [0.25, 0.3) is 5.82 Å². The van der Waals surface area contributed by atoms with Gasteiger partial charge >= 0.3 is 0 Å². The maximum Gasteiger partial charge on any atom is 0.256 e. The van der Waals surface area contributed by atoms with E-state index in [4.69, 9.17) is 0 Å². The fraction of sp³-hybridized carbons (Fsp3) is 0.893. The van der Waals surface area contributed by atoms with E-state index in [9.17, 15) is 0 Å². The van der Waals surface area contributed by atoms with Crippen molar-refractivity contribution in [3.05, 3.63) is 18.2 Å². The van der Waals surface area contributed by atoms with Crippen LogP contribution in [0.15, 0.2) is 12.4 Å². The second kappa shape index (κ2) is 20.1. The summed E-state index contributed by atoms with van der Waals surface area (Å²) in [5.41, 5.74) is 0. The minimum absolute atomic E-state index is 1.11. The van der Waals surface area contributed by atoms with Crippen LogP contribution in [0, 0.1) is 0 Å². The zero-order chi connectivity index (χ0) is 21.7. The van der Waals surface area contributed by atoms with Gasteiger partial charge in [0.05, 0.1) is 13.1 Å². The summed E-state index contributed by atoms with van der Waals surface area (Å²) in [7, 11) is 0. The summed E-state index contributed by atoms with van der Waals surface area (Å²) < 4.78 is 5.02. The maximum absolute atomic E-state index is 2.55. The molecule has 0 radical (unpaired) electrons. The molecule has 30 heavy (non-hydrogen) atoms. The summed E-state index contributed by atoms with van der Waals surface area (Å²) >= 11 is 0. The van der Waals surface area contributed by atoms with Crippen molar-refractivity contribution in [2.45, 2.75) is 162 Å². The van der Waals surface area contributed by atoms with Crippen LogP contribution in [0.5, 0.6) is 0 Å². The molecule has 0 saturated carbocycles. The Bertz CT molecular complexity index is 477. The minimum Gasteiger partial charge on any atom is -0.235 e. The molecule has 0 bridgehead atoms. The number of hydrogen-bond acceptors (Lipinski definition) is 0. The fourth-order valence-electron chi connectivity index (χ4n) is 4.64. The van der Waals surface area contributed by atoms with Gasteiger partial charge in [-0.1, -0.05) is 117 Å². The number of rotatable bonds is 22. The number of hydrogen-bond donors (Lipinski definition) is 0. The molecule has 0 aromatic carbocycles. The quantitative estimate of drug-likeness (QED) is 0.131. The molecular formula is C28H55N2+. The van der Waals surface area contributed by atoms with Gasteiger partial charge in [0.15, 0.2) is 0 Å². The van der Waals surface area contributed by atoms with Crippen LogP contribution in [-0.4, -0.2) is 4.57 Å². The first-order valence-electron chi connectivity index (χ1n) is 13.9. The Balaban J connectivity index is 2.06. The molecule has 0 aliphatic rings. The molecule has 1 rings (SSSR count). The Labute approximate surface area is 189 Å². The van der Waals surface area contributed by atoms with Crippen LogP contribution in [0.3, 0.4) is 0 Å². The largest absolute Gasteiger partial charge is 0.256 e. The summed E-state index contributed by atoms with van der Waals surface area (Å²) in [6, 6.07) is 0. The molecule has 0 aliphatic heterocycles. The van der Waals surface area contributed by atoms with Crippen molar-refractivity contribution in [3.63, 3.8) is 0 Å². The summed E-state index contributed by atoms with van der Waals surface area (Å²) in [6.07, 6.45) is 32.9. The Hall–Kier alpha value is -0.790. The number of nitrogens with zero attached hydrogens (tertiary/aromatic N) is 2. The highest BCUT2D eigenvalue weighted by atomic mass is 15.1. The van der Waals surface area contributed by atoms with Crippen molar-refractivity contribution in [2.24, 2.45) is 0 Å². The first-order chi connectivity index (χ1) is 14.8. The van der Waals surface area contributed by atoms with Crippen LogP contribution in [0.1, 0.15) is 149 Å². The van der Waals surface area contributed by atoms with Crippen LogP contribution in [0.4, 0.5) is 0 Å². The zero-order valence-electron chi connectivity index (χ0n) is 21.1. The van der Waals surface area contributed by atoms with Gasteiger partial charge in [-0.2, -0.15) is 0 Å². The highest BCUT2D eigenvalue weighted by Gasteiger charge is 2.15. The first-order valence-corrected chi connectivity index (χ1v) is 13.9. The fourth-order valence-corrected chi connectivity index (χ4v) is 4.64. The average Bonchev–Trinajstić information content (AvgIpc) is 3.15. The first kappa shape index (κ1) is 27.2. The van der Waals surface area contributed by atoms with Crippen LogP contribution in [-0.2, 0) is 19.5 Å². The smallest absolute Gasteiger partial charge is 0.235 e. The van der Waals surface area contributed by atoms with Crippen molar-refractivity contribution in [1.82, 2.24) is 4.57 Å². The molecule has 1 aromatic heterocycles. The molecule has 0 saturated heterocycles. The lowest BCUT2D eigenvalue weighted by Gasteiger charge is -2.05. The van der Waals surface area contributed by atoms with E-state index in [0.717, 1.165) is 6.54 Å². The Morgan fingerprint density at radius 1 is 0.567 bits per heavy atom. The van der Waals surface area contributed by atoms with Crippen molar-refractivity contribution in [1.29, 1.82) is 0 Å². The Kier molecular flexibility index (Phi) is 18.3. The van der Waals surface area contributed by atoms with Gasteiger partial charge in [0.2, 0.25) is 0 Å². The topological polar surface area (TPSA) is 8.81 Å². The number of aryl methyl sites for hydroxylation is 2. The zero-order valence-corrected chi connectivity index (χ0v) is 21.1. The summed E-state index contributed by atoms with van der Waals surface area (Å²) in [6.45, 7) is 9.20. The van der Waals surface area contributed by atoms with E-state index in [1.807, 2.05) is 0 Å². The van der Waals surface area contributed by atoms with Crippen LogP contribution < -0.4 is 4.57 Å². The molecule has 0 aliphatic carbocycles. The lowest BCUT2D eigenvalue weighted by molar-refractivity contribution is -0.704. The van der Waals surface area contributed by atoms with Crippen molar-refractivity contribution in [2.75, 3.05) is 0 Å². The molecule has 1 aromatic rings. The van der Waals surface area contributed by atoms with Crippen LogP contribution in [0.25, 0.3) is 0 Å². The van der Waals surface area contributed by atoms with Crippen molar-refractivity contribution in [3.8, 4) is 0 Å². The molecule has 176 valence electrons. The molecule has 0 amide bonds. The number of imidazole rings is 1.